The Morgan fingerprint density at radius 2 is 1.73 bits per heavy atom. The van der Waals surface area contributed by atoms with Gasteiger partial charge in [-0.15, -0.1) is 0 Å². The molecule has 162 valence electrons. The molecular formula is C24H32N2O3S. The van der Waals surface area contributed by atoms with Gasteiger partial charge in [-0.3, -0.25) is 4.79 Å². The molecular weight excluding hydrogens is 396 g/mol. The number of amides is 1. The van der Waals surface area contributed by atoms with Gasteiger partial charge in [-0.05, 0) is 50.3 Å². The first-order chi connectivity index (χ1) is 14.3. The van der Waals surface area contributed by atoms with Gasteiger partial charge in [0.2, 0.25) is 15.9 Å². The molecule has 1 fully saturated rings. The summed E-state index contributed by atoms with van der Waals surface area (Å²) in [6.45, 7) is 7.96. The molecule has 0 spiro atoms. The Kier molecular flexibility index (Phi) is 7.32. The molecule has 5 nitrogen and oxygen atoms in total. The van der Waals surface area contributed by atoms with Gasteiger partial charge in [0.05, 0.1) is 4.90 Å². The van der Waals surface area contributed by atoms with Crippen LogP contribution < -0.4 is 0 Å². The highest BCUT2D eigenvalue weighted by Gasteiger charge is 2.34. The maximum atomic E-state index is 13.2. The Hall–Kier alpha value is -2.18. The van der Waals surface area contributed by atoms with Gasteiger partial charge in [-0.1, -0.05) is 55.0 Å². The lowest BCUT2D eigenvalue weighted by Gasteiger charge is -2.34. The van der Waals surface area contributed by atoms with Crippen molar-refractivity contribution in [2.24, 2.45) is 5.92 Å². The largest absolute Gasteiger partial charge is 0.338 e. The Morgan fingerprint density at radius 3 is 2.33 bits per heavy atom. The Balaban J connectivity index is 1.66. The van der Waals surface area contributed by atoms with Crippen LogP contribution in [0.2, 0.25) is 0 Å². The summed E-state index contributed by atoms with van der Waals surface area (Å²) in [5.74, 6) is 0.0232. The zero-order chi connectivity index (χ0) is 21.7. The van der Waals surface area contributed by atoms with Crippen LogP contribution >= 0.6 is 0 Å². The minimum absolute atomic E-state index is 0.120. The topological polar surface area (TPSA) is 57.7 Å². The summed E-state index contributed by atoms with van der Waals surface area (Å²) < 4.78 is 27.7. The molecule has 30 heavy (non-hydrogen) atoms. The summed E-state index contributed by atoms with van der Waals surface area (Å²) >= 11 is 0. The minimum atomic E-state index is -3.53. The van der Waals surface area contributed by atoms with E-state index in [0.717, 1.165) is 29.7 Å². The average Bonchev–Trinajstić information content (AvgIpc) is 2.73. The fourth-order valence-electron chi connectivity index (χ4n) is 4.17. The quantitative estimate of drug-likeness (QED) is 0.666. The minimum Gasteiger partial charge on any atom is -0.338 e. The van der Waals surface area contributed by atoms with Gasteiger partial charge >= 0.3 is 0 Å². The lowest BCUT2D eigenvalue weighted by atomic mass is 9.96. The van der Waals surface area contributed by atoms with Crippen LogP contribution in [0.5, 0.6) is 0 Å². The number of benzene rings is 2. The van der Waals surface area contributed by atoms with Crippen LogP contribution in [0.25, 0.3) is 0 Å². The lowest BCUT2D eigenvalue weighted by Crippen LogP contribution is -2.44. The van der Waals surface area contributed by atoms with Crippen molar-refractivity contribution in [3.8, 4) is 0 Å². The number of sulfonamides is 1. The Labute approximate surface area is 180 Å². The Morgan fingerprint density at radius 1 is 1.07 bits per heavy atom. The van der Waals surface area contributed by atoms with Crippen LogP contribution in [0.1, 0.15) is 42.9 Å². The molecule has 0 bridgehead atoms. The third-order valence-corrected chi connectivity index (χ3v) is 7.83. The molecule has 0 N–H and O–H groups in total. The van der Waals surface area contributed by atoms with E-state index < -0.39 is 10.0 Å². The van der Waals surface area contributed by atoms with Gasteiger partial charge in [0.15, 0.2) is 0 Å². The van der Waals surface area contributed by atoms with Crippen molar-refractivity contribution in [2.75, 3.05) is 19.6 Å². The van der Waals surface area contributed by atoms with E-state index in [-0.39, 0.29) is 11.8 Å². The first kappa shape index (κ1) is 22.5. The van der Waals surface area contributed by atoms with Gasteiger partial charge in [-0.2, -0.15) is 4.31 Å². The van der Waals surface area contributed by atoms with Crippen molar-refractivity contribution in [2.45, 2.75) is 51.5 Å². The van der Waals surface area contributed by atoms with Crippen molar-refractivity contribution < 1.29 is 13.2 Å². The van der Waals surface area contributed by atoms with E-state index in [9.17, 15) is 13.2 Å². The van der Waals surface area contributed by atoms with E-state index in [2.05, 4.69) is 6.92 Å². The third kappa shape index (κ3) is 5.10. The second-order valence-electron chi connectivity index (χ2n) is 8.19. The first-order valence-corrected chi connectivity index (χ1v) is 12.2. The molecule has 6 heteroatoms. The highest BCUT2D eigenvalue weighted by atomic mass is 32.2. The summed E-state index contributed by atoms with van der Waals surface area (Å²) in [6, 6.07) is 15.4. The fraction of sp³-hybridized carbons (Fsp3) is 0.458. The molecule has 1 aliphatic rings. The van der Waals surface area contributed by atoms with Crippen LogP contribution in [-0.4, -0.2) is 43.2 Å². The highest BCUT2D eigenvalue weighted by molar-refractivity contribution is 7.89. The first-order valence-electron chi connectivity index (χ1n) is 10.7. The molecule has 1 amide bonds. The number of piperidine rings is 1. The molecule has 2 aromatic rings. The molecule has 0 saturated carbocycles. The summed E-state index contributed by atoms with van der Waals surface area (Å²) in [5, 5.41) is 0. The van der Waals surface area contributed by atoms with E-state index >= 15 is 0 Å². The summed E-state index contributed by atoms with van der Waals surface area (Å²) in [4.78, 5) is 15.5. The maximum absolute atomic E-state index is 13.2. The molecule has 0 atom stereocenters. The van der Waals surface area contributed by atoms with E-state index in [1.54, 1.807) is 6.07 Å². The molecule has 0 aromatic heterocycles. The smallest absolute Gasteiger partial charge is 0.243 e. The van der Waals surface area contributed by atoms with E-state index in [0.29, 0.717) is 37.4 Å². The maximum Gasteiger partial charge on any atom is 0.243 e. The highest BCUT2D eigenvalue weighted by Crippen LogP contribution is 2.27. The van der Waals surface area contributed by atoms with Crippen molar-refractivity contribution in [1.82, 2.24) is 9.21 Å². The van der Waals surface area contributed by atoms with E-state index in [4.69, 9.17) is 0 Å². The van der Waals surface area contributed by atoms with E-state index in [1.165, 1.54) is 4.31 Å². The fourth-order valence-corrected chi connectivity index (χ4v) is 5.85. The number of carbonyl (C=O) groups excluding carboxylic acids is 1. The molecule has 0 aliphatic carbocycles. The molecule has 1 saturated heterocycles. The predicted octanol–water partition coefficient (Wildman–Crippen LogP) is 4.14. The van der Waals surface area contributed by atoms with Crippen molar-refractivity contribution in [3.05, 3.63) is 65.2 Å². The van der Waals surface area contributed by atoms with Crippen LogP contribution in [-0.2, 0) is 21.4 Å². The molecule has 0 unspecified atom stereocenters. The number of aryl methyl sites for hydroxylation is 2. The second kappa shape index (κ2) is 9.75. The number of hydrogen-bond donors (Lipinski definition) is 0. The van der Waals surface area contributed by atoms with Crippen molar-refractivity contribution >= 4 is 15.9 Å². The molecule has 1 aliphatic heterocycles. The summed E-state index contributed by atoms with van der Waals surface area (Å²) in [7, 11) is -3.53. The number of carbonyl (C=O) groups is 1. The lowest BCUT2D eigenvalue weighted by molar-refractivity contribution is -0.137. The van der Waals surface area contributed by atoms with Crippen molar-refractivity contribution in [1.29, 1.82) is 0 Å². The van der Waals surface area contributed by atoms with Gasteiger partial charge in [0, 0.05) is 32.1 Å². The average molecular weight is 429 g/mol. The normalized spacial score (nSPS) is 15.8. The zero-order valence-electron chi connectivity index (χ0n) is 18.2. The van der Waals surface area contributed by atoms with Gasteiger partial charge in [0.25, 0.3) is 0 Å². The second-order valence-corrected chi connectivity index (χ2v) is 10.1. The third-order valence-electron chi connectivity index (χ3n) is 5.77. The number of nitrogens with zero attached hydrogens (tertiary/aromatic N) is 2. The predicted molar refractivity (Wildman–Crippen MR) is 120 cm³/mol. The molecule has 0 radical (unpaired) electrons. The Bertz CT molecular complexity index is 965. The van der Waals surface area contributed by atoms with Crippen LogP contribution in [0.15, 0.2) is 53.4 Å². The van der Waals surface area contributed by atoms with Gasteiger partial charge in [-0.25, -0.2) is 8.42 Å². The summed E-state index contributed by atoms with van der Waals surface area (Å²) in [5.41, 5.74) is 2.93. The van der Waals surface area contributed by atoms with Crippen molar-refractivity contribution in [3.63, 3.8) is 0 Å². The van der Waals surface area contributed by atoms with Crippen LogP contribution in [0.3, 0.4) is 0 Å². The van der Waals surface area contributed by atoms with Gasteiger partial charge in [0.1, 0.15) is 0 Å². The summed E-state index contributed by atoms with van der Waals surface area (Å²) in [6.07, 6.45) is 2.04. The molecule has 2 aromatic carbocycles. The molecule has 1 heterocycles. The molecule has 3 rings (SSSR count). The standard InChI is InChI=1S/C24H32N2O3S/c1-4-14-25(18-21-8-6-5-7-9-21)24(27)22-12-15-26(16-13-22)30(28,29)23-11-10-19(2)17-20(23)3/h5-11,17,22H,4,12-16,18H2,1-3H3. The van der Waals surface area contributed by atoms with Crippen LogP contribution in [0.4, 0.5) is 0 Å². The SMILES string of the molecule is CCCN(Cc1ccccc1)C(=O)C1CCN(S(=O)(=O)c2ccc(C)cc2C)CC1. The van der Waals surface area contributed by atoms with E-state index in [1.807, 2.05) is 61.2 Å². The number of hydrogen-bond acceptors (Lipinski definition) is 3. The monoisotopic (exact) mass is 428 g/mol. The number of rotatable bonds is 7. The van der Waals surface area contributed by atoms with Crippen LogP contribution in [0, 0.1) is 19.8 Å². The zero-order valence-corrected chi connectivity index (χ0v) is 19.0. The van der Waals surface area contributed by atoms with Gasteiger partial charge < -0.3 is 4.90 Å².